The molecule has 4 atom stereocenters. The Hall–Kier alpha value is -3.88. The molecule has 1 amide bonds. The van der Waals surface area contributed by atoms with E-state index in [1.54, 1.807) is 40.8 Å². The minimum Gasteiger partial charge on any atom is -0.464 e. The van der Waals surface area contributed by atoms with Gasteiger partial charge in [-0.2, -0.15) is 4.98 Å². The number of carbonyl (C=O) groups is 3. The van der Waals surface area contributed by atoms with Gasteiger partial charge < -0.3 is 25.3 Å². The summed E-state index contributed by atoms with van der Waals surface area (Å²) in [5.41, 5.74) is 4.58. The molecule has 2 aromatic heterocycles. The highest BCUT2D eigenvalue weighted by molar-refractivity contribution is 7.36. The fourth-order valence-electron chi connectivity index (χ4n) is 5.11. The summed E-state index contributed by atoms with van der Waals surface area (Å²) < 4.78 is 37.2. The Morgan fingerprint density at radius 1 is 1.12 bits per heavy atom. The van der Waals surface area contributed by atoms with Crippen molar-refractivity contribution in [1.29, 1.82) is 0 Å². The molecule has 0 saturated heterocycles. The van der Waals surface area contributed by atoms with Crippen LogP contribution in [-0.2, 0) is 32.9 Å². The topological polar surface area (TPSA) is 219 Å². The fourth-order valence-corrected chi connectivity index (χ4v) is 6.02. The van der Waals surface area contributed by atoms with E-state index >= 15 is 0 Å². The first kappa shape index (κ1) is 40.5. The first-order chi connectivity index (χ1) is 23.4. The maximum Gasteiger partial charge on any atom is 0.613 e. The van der Waals surface area contributed by atoms with E-state index in [-0.39, 0.29) is 54.7 Å². The summed E-state index contributed by atoms with van der Waals surface area (Å²) in [5.74, 6) is -1.27. The molecule has 3 rings (SSSR count). The van der Waals surface area contributed by atoms with Crippen LogP contribution in [-0.4, -0.2) is 75.1 Å². The molecule has 1 fully saturated rings. The Labute approximate surface area is 293 Å². The monoisotopic (exact) mass is 722 g/mol. The lowest BCUT2D eigenvalue weighted by Gasteiger charge is -2.25. The van der Waals surface area contributed by atoms with Gasteiger partial charge in [0.05, 0.1) is 12.0 Å². The van der Waals surface area contributed by atoms with Crippen molar-refractivity contribution in [2.75, 3.05) is 25.6 Å². The Bertz CT molecular complexity index is 1610. The first-order valence-corrected chi connectivity index (χ1v) is 18.2. The number of alkyl carbamates (subject to hydrolysis) is 1. The molecule has 0 radical (unpaired) electrons. The highest BCUT2D eigenvalue weighted by Gasteiger charge is 2.53. The third kappa shape index (κ3) is 11.6. The number of nitrogens with one attached hydrogen (secondary N) is 3. The molecule has 278 valence electrons. The minimum absolute atomic E-state index is 0.0810. The summed E-state index contributed by atoms with van der Waals surface area (Å²) in [6, 6.07) is -1.86. The molecule has 17 heteroatoms. The van der Waals surface area contributed by atoms with E-state index in [0.717, 1.165) is 18.4 Å². The molecule has 1 aliphatic rings. The van der Waals surface area contributed by atoms with E-state index in [9.17, 15) is 23.7 Å². The number of esters is 2. The van der Waals surface area contributed by atoms with E-state index in [2.05, 4.69) is 25.4 Å². The SMILES string of the molecule is CCC(CC)COC(=O)[C@H](CC(C)C)N[P+](=O)OCC1(COC(=O)[C@@H](NC(=O)OC(C)(C)C)C(C)C)C/C1=C/n1cnc2c(=O)[nH]c(N)nc21. The van der Waals surface area contributed by atoms with Crippen LogP contribution in [0.3, 0.4) is 0 Å². The number of hydrogen-bond donors (Lipinski definition) is 4. The van der Waals surface area contributed by atoms with E-state index < -0.39 is 54.9 Å². The zero-order valence-electron chi connectivity index (χ0n) is 30.5. The normalized spacial score (nSPS) is 18.4. The molecule has 0 aromatic carbocycles. The quantitative estimate of drug-likeness (QED) is 0.0934. The third-order valence-corrected chi connectivity index (χ3v) is 9.13. The molecular weight excluding hydrogens is 669 g/mol. The molecule has 2 unspecified atom stereocenters. The second kappa shape index (κ2) is 17.4. The summed E-state index contributed by atoms with van der Waals surface area (Å²) in [4.78, 5) is 61.8. The van der Waals surface area contributed by atoms with Crippen LogP contribution in [0, 0.1) is 23.2 Å². The number of hydrogen-bond acceptors (Lipinski definition) is 12. The smallest absolute Gasteiger partial charge is 0.464 e. The number of aromatic amines is 1. The van der Waals surface area contributed by atoms with Gasteiger partial charge >= 0.3 is 26.2 Å². The number of ether oxygens (including phenoxy) is 3. The summed E-state index contributed by atoms with van der Waals surface area (Å²) in [6.45, 7) is 16.6. The Balaban J connectivity index is 1.80. The summed E-state index contributed by atoms with van der Waals surface area (Å²) >= 11 is 0. The average Bonchev–Trinajstić information content (AvgIpc) is 3.54. The number of fused-ring (bicyclic) bond motifs is 1. The highest BCUT2D eigenvalue weighted by atomic mass is 31.1. The van der Waals surface area contributed by atoms with E-state index in [4.69, 9.17) is 24.5 Å². The second-order valence-corrected chi connectivity index (χ2v) is 15.5. The molecule has 5 N–H and O–H groups in total. The maximum atomic E-state index is 13.3. The average molecular weight is 723 g/mol. The number of amides is 1. The Morgan fingerprint density at radius 2 is 1.80 bits per heavy atom. The zero-order valence-corrected chi connectivity index (χ0v) is 31.4. The van der Waals surface area contributed by atoms with Gasteiger partial charge in [-0.15, -0.1) is 4.52 Å². The van der Waals surface area contributed by atoms with Crippen LogP contribution in [0.1, 0.15) is 88.0 Å². The van der Waals surface area contributed by atoms with Gasteiger partial charge in [-0.1, -0.05) is 59.5 Å². The van der Waals surface area contributed by atoms with Crippen molar-refractivity contribution in [3.63, 3.8) is 0 Å². The van der Waals surface area contributed by atoms with Crippen molar-refractivity contribution < 1.29 is 37.7 Å². The standard InChI is InChI=1S/C33H52N7O9P/c1-10-21(11-2)15-46-28(42)23(12-19(3)4)39-50(45)48-17-33(16-47-29(43)24(20(5)6)36-31(44)49-32(7,8)9)13-22(33)14-40-18-35-25-26(40)37-30(34)38-27(25)41/h14,18-21,23-24H,10-13,15-17H2,1-9H3,(H4-,34,36,37,38,39,41,44,45)/p+1/b22-14-/t23-,24-,33?/m0/s1. The van der Waals surface area contributed by atoms with Crippen LogP contribution < -0.4 is 21.7 Å². The number of imidazole rings is 1. The third-order valence-electron chi connectivity index (χ3n) is 8.24. The lowest BCUT2D eigenvalue weighted by molar-refractivity contribution is -0.149. The lowest BCUT2D eigenvalue weighted by Crippen LogP contribution is -2.47. The molecule has 1 saturated carbocycles. The summed E-state index contributed by atoms with van der Waals surface area (Å²) in [5, 5.41) is 5.37. The van der Waals surface area contributed by atoms with Crippen LogP contribution in [0.4, 0.5) is 10.7 Å². The summed E-state index contributed by atoms with van der Waals surface area (Å²) in [7, 11) is -2.56. The predicted molar refractivity (Wildman–Crippen MR) is 188 cm³/mol. The van der Waals surface area contributed by atoms with Gasteiger partial charge in [-0.05, 0) is 61.5 Å². The van der Waals surface area contributed by atoms with Crippen LogP contribution in [0.25, 0.3) is 17.4 Å². The van der Waals surface area contributed by atoms with Crippen molar-refractivity contribution in [3.05, 3.63) is 22.3 Å². The number of nitrogen functional groups attached to an aromatic ring is 1. The van der Waals surface area contributed by atoms with Gasteiger partial charge in [-0.25, -0.2) is 14.6 Å². The molecule has 0 aliphatic heterocycles. The largest absolute Gasteiger partial charge is 0.613 e. The second-order valence-electron chi connectivity index (χ2n) is 14.5. The van der Waals surface area contributed by atoms with E-state index in [1.807, 2.05) is 27.7 Å². The minimum atomic E-state index is -2.56. The van der Waals surface area contributed by atoms with Crippen molar-refractivity contribution in [2.45, 2.75) is 106 Å². The Kier molecular flexibility index (Phi) is 14.1. The number of carbonyl (C=O) groups excluding carboxylic acids is 3. The molecule has 50 heavy (non-hydrogen) atoms. The number of H-pyrrole nitrogens is 1. The number of aromatic nitrogens is 4. The van der Waals surface area contributed by atoms with Gasteiger partial charge in [0.1, 0.15) is 31.2 Å². The van der Waals surface area contributed by atoms with Crippen LogP contribution >= 0.6 is 8.18 Å². The van der Waals surface area contributed by atoms with Gasteiger partial charge in [0.15, 0.2) is 17.2 Å². The predicted octanol–water partition coefficient (Wildman–Crippen LogP) is 4.68. The van der Waals surface area contributed by atoms with Crippen LogP contribution in [0.2, 0.25) is 0 Å². The maximum absolute atomic E-state index is 13.3. The van der Waals surface area contributed by atoms with Gasteiger partial charge in [0.2, 0.25) is 5.95 Å². The molecule has 1 aliphatic carbocycles. The molecular formula is C33H53N7O9P+. The van der Waals surface area contributed by atoms with Gasteiger partial charge in [0, 0.05) is 6.20 Å². The van der Waals surface area contributed by atoms with Crippen molar-refractivity contribution in [3.8, 4) is 0 Å². The number of anilines is 1. The van der Waals surface area contributed by atoms with Crippen LogP contribution in [0.5, 0.6) is 0 Å². The summed E-state index contributed by atoms with van der Waals surface area (Å²) in [6.07, 6.45) is 4.80. The Morgan fingerprint density at radius 3 is 2.40 bits per heavy atom. The molecule has 2 aromatic rings. The molecule has 2 heterocycles. The van der Waals surface area contributed by atoms with Gasteiger partial charge in [0.25, 0.3) is 5.56 Å². The highest BCUT2D eigenvalue weighted by Crippen LogP contribution is 2.54. The van der Waals surface area contributed by atoms with E-state index in [0.29, 0.717) is 12.8 Å². The van der Waals surface area contributed by atoms with Crippen molar-refractivity contribution in [1.82, 2.24) is 29.9 Å². The number of nitrogens with zero attached hydrogens (tertiary/aromatic N) is 3. The van der Waals surface area contributed by atoms with Gasteiger partial charge in [-0.3, -0.25) is 19.1 Å². The van der Waals surface area contributed by atoms with Crippen molar-refractivity contribution in [2.24, 2.45) is 23.2 Å². The van der Waals surface area contributed by atoms with E-state index in [1.165, 1.54) is 10.9 Å². The lowest BCUT2D eigenvalue weighted by atomic mass is 10.0. The number of nitrogens with two attached hydrogens (primary N) is 1. The molecule has 16 nitrogen and oxygen atoms in total. The zero-order chi connectivity index (χ0) is 37.4. The molecule has 0 spiro atoms. The number of rotatable bonds is 18. The first-order valence-electron chi connectivity index (χ1n) is 17.0. The van der Waals surface area contributed by atoms with Crippen molar-refractivity contribution >= 4 is 49.5 Å². The molecule has 0 bridgehead atoms. The van der Waals surface area contributed by atoms with Crippen LogP contribution in [0.15, 0.2) is 16.7 Å². The fraction of sp³-hybridized carbons (Fsp3) is 0.697.